The molecule has 1 aliphatic heterocycles. The van der Waals surface area contributed by atoms with Crippen molar-refractivity contribution in [3.8, 4) is 17.9 Å². The van der Waals surface area contributed by atoms with Gasteiger partial charge in [0, 0.05) is 24.7 Å². The molecular formula is C19H18N6O. The fourth-order valence-corrected chi connectivity index (χ4v) is 3.50. The van der Waals surface area contributed by atoms with Crippen LogP contribution < -0.4 is 4.74 Å². The van der Waals surface area contributed by atoms with Gasteiger partial charge in [-0.15, -0.1) is 0 Å². The van der Waals surface area contributed by atoms with E-state index in [2.05, 4.69) is 38.9 Å². The normalized spacial score (nSPS) is 15.8. The summed E-state index contributed by atoms with van der Waals surface area (Å²) in [6, 6.07) is 6.02. The number of piperidine rings is 1. The van der Waals surface area contributed by atoms with Crippen LogP contribution in [0.2, 0.25) is 0 Å². The molecule has 0 aromatic carbocycles. The van der Waals surface area contributed by atoms with E-state index in [1.54, 1.807) is 12.3 Å². The van der Waals surface area contributed by atoms with E-state index in [1.807, 2.05) is 0 Å². The Morgan fingerprint density at radius 2 is 2.04 bits per heavy atom. The van der Waals surface area contributed by atoms with Crippen molar-refractivity contribution in [2.75, 3.05) is 19.6 Å². The predicted octanol–water partition coefficient (Wildman–Crippen LogP) is 2.72. The summed E-state index contributed by atoms with van der Waals surface area (Å²) < 4.78 is 6.28. The number of pyridine rings is 2. The van der Waals surface area contributed by atoms with E-state index in [9.17, 15) is 10.5 Å². The van der Waals surface area contributed by atoms with Crippen LogP contribution in [0.25, 0.3) is 21.9 Å². The lowest BCUT2D eigenvalue weighted by molar-refractivity contribution is 0.104. The molecule has 3 aromatic rings. The fraction of sp³-hybridized carbons (Fsp3) is 0.368. The number of aromatic amines is 1. The second-order valence-corrected chi connectivity index (χ2v) is 6.44. The fourth-order valence-electron chi connectivity index (χ4n) is 3.50. The molecule has 7 nitrogen and oxygen atoms in total. The van der Waals surface area contributed by atoms with Crippen molar-refractivity contribution in [3.63, 3.8) is 0 Å². The summed E-state index contributed by atoms with van der Waals surface area (Å²) >= 11 is 0. The highest BCUT2D eigenvalue weighted by Crippen LogP contribution is 2.35. The van der Waals surface area contributed by atoms with E-state index < -0.39 is 0 Å². The molecule has 1 fully saturated rings. The summed E-state index contributed by atoms with van der Waals surface area (Å²) in [5, 5.41) is 20.3. The van der Waals surface area contributed by atoms with Crippen molar-refractivity contribution in [2.24, 2.45) is 0 Å². The Balaban J connectivity index is 1.81. The lowest BCUT2D eigenvalue weighted by atomic mass is 10.1. The van der Waals surface area contributed by atoms with Crippen LogP contribution in [-0.2, 0) is 0 Å². The largest absolute Gasteiger partial charge is 0.487 e. The molecule has 1 aliphatic rings. The third-order valence-electron chi connectivity index (χ3n) is 4.95. The first-order chi connectivity index (χ1) is 12.7. The first-order valence-corrected chi connectivity index (χ1v) is 8.73. The van der Waals surface area contributed by atoms with Gasteiger partial charge in [-0.1, -0.05) is 6.92 Å². The molecule has 0 saturated carbocycles. The van der Waals surface area contributed by atoms with Gasteiger partial charge < -0.3 is 14.6 Å². The van der Waals surface area contributed by atoms with Crippen LogP contribution in [0.15, 0.2) is 18.5 Å². The zero-order valence-electron chi connectivity index (χ0n) is 14.5. The number of hydrogen-bond donors (Lipinski definition) is 1. The van der Waals surface area contributed by atoms with Crippen molar-refractivity contribution in [2.45, 2.75) is 25.9 Å². The molecule has 0 amide bonds. The Kier molecular flexibility index (Phi) is 4.16. The molecule has 0 unspecified atom stereocenters. The summed E-state index contributed by atoms with van der Waals surface area (Å²) in [7, 11) is 0. The molecule has 0 bridgehead atoms. The Morgan fingerprint density at radius 1 is 1.23 bits per heavy atom. The second-order valence-electron chi connectivity index (χ2n) is 6.44. The highest BCUT2D eigenvalue weighted by Gasteiger charge is 2.23. The van der Waals surface area contributed by atoms with Gasteiger partial charge in [-0.2, -0.15) is 10.5 Å². The average Bonchev–Trinajstić information content (AvgIpc) is 3.06. The van der Waals surface area contributed by atoms with Crippen LogP contribution in [-0.4, -0.2) is 45.6 Å². The van der Waals surface area contributed by atoms with Gasteiger partial charge in [0.15, 0.2) is 11.4 Å². The Labute approximate surface area is 150 Å². The minimum absolute atomic E-state index is 0.0503. The number of nitrogens with one attached hydrogen (secondary N) is 1. The summed E-state index contributed by atoms with van der Waals surface area (Å²) in [6.45, 7) is 5.17. The highest BCUT2D eigenvalue weighted by atomic mass is 16.5. The molecule has 1 N–H and O–H groups in total. The number of nitrogens with zero attached hydrogens (tertiary/aromatic N) is 5. The maximum atomic E-state index is 9.52. The van der Waals surface area contributed by atoms with E-state index in [-0.39, 0.29) is 11.8 Å². The second kappa shape index (κ2) is 6.62. The van der Waals surface area contributed by atoms with Gasteiger partial charge in [-0.25, -0.2) is 9.97 Å². The van der Waals surface area contributed by atoms with E-state index in [4.69, 9.17) is 4.74 Å². The smallest absolute Gasteiger partial charge is 0.183 e. The quantitative estimate of drug-likeness (QED) is 0.782. The van der Waals surface area contributed by atoms with Crippen LogP contribution in [0.3, 0.4) is 0 Å². The minimum atomic E-state index is 0.0503. The Bertz CT molecular complexity index is 1050. The van der Waals surface area contributed by atoms with Gasteiger partial charge in [-0.05, 0) is 25.5 Å². The van der Waals surface area contributed by atoms with Crippen LogP contribution in [0.4, 0.5) is 0 Å². The van der Waals surface area contributed by atoms with Gasteiger partial charge >= 0.3 is 0 Å². The lowest BCUT2D eigenvalue weighted by Crippen LogP contribution is -2.38. The topological polar surface area (TPSA) is 102 Å². The van der Waals surface area contributed by atoms with Crippen LogP contribution in [0.1, 0.15) is 31.0 Å². The number of fused-ring (bicyclic) bond motifs is 3. The van der Waals surface area contributed by atoms with Crippen molar-refractivity contribution in [3.05, 3.63) is 29.7 Å². The number of rotatable bonds is 3. The first-order valence-electron chi connectivity index (χ1n) is 8.73. The number of likely N-dealkylation sites (tertiary alicyclic amines) is 1. The molecule has 0 spiro atoms. The Hall–Kier alpha value is -3.16. The first kappa shape index (κ1) is 16.3. The standard InChI is InChI=1S/C19H18N6O/c1-2-25-5-3-13(4-6-25)26-18-15(9-21)22-11-16-17(18)14-7-12(8-20)10-23-19(14)24-16/h7,10-11,13H,2-6H2,1H3,(H,23,24). The highest BCUT2D eigenvalue weighted by molar-refractivity contribution is 6.09. The predicted molar refractivity (Wildman–Crippen MR) is 96.6 cm³/mol. The maximum absolute atomic E-state index is 9.52. The van der Waals surface area contributed by atoms with Crippen molar-refractivity contribution >= 4 is 21.9 Å². The number of ether oxygens (including phenoxy) is 1. The molecule has 1 saturated heterocycles. The number of hydrogen-bond acceptors (Lipinski definition) is 6. The monoisotopic (exact) mass is 346 g/mol. The molecule has 4 rings (SSSR count). The zero-order chi connectivity index (χ0) is 18.1. The van der Waals surface area contributed by atoms with Crippen molar-refractivity contribution in [1.82, 2.24) is 19.9 Å². The molecular weight excluding hydrogens is 328 g/mol. The molecule has 3 aromatic heterocycles. The van der Waals surface area contributed by atoms with Gasteiger partial charge in [0.1, 0.15) is 23.9 Å². The van der Waals surface area contributed by atoms with Gasteiger partial charge in [0.2, 0.25) is 0 Å². The Morgan fingerprint density at radius 3 is 2.73 bits per heavy atom. The van der Waals surface area contributed by atoms with E-state index >= 15 is 0 Å². The molecule has 0 atom stereocenters. The number of H-pyrrole nitrogens is 1. The molecule has 0 radical (unpaired) electrons. The zero-order valence-corrected chi connectivity index (χ0v) is 14.5. The molecule has 26 heavy (non-hydrogen) atoms. The van der Waals surface area contributed by atoms with Crippen LogP contribution >= 0.6 is 0 Å². The maximum Gasteiger partial charge on any atom is 0.183 e. The number of aromatic nitrogens is 3. The van der Waals surface area contributed by atoms with Crippen LogP contribution in [0, 0.1) is 22.7 Å². The minimum Gasteiger partial charge on any atom is -0.487 e. The SMILES string of the molecule is CCN1CCC(Oc2c(C#N)ncc3[nH]c4ncc(C#N)cc4c23)CC1. The molecule has 7 heteroatoms. The summed E-state index contributed by atoms with van der Waals surface area (Å²) in [5.41, 5.74) is 2.14. The molecule has 0 aliphatic carbocycles. The summed E-state index contributed by atoms with van der Waals surface area (Å²) in [6.07, 6.45) is 5.03. The van der Waals surface area contributed by atoms with Gasteiger partial charge in [-0.3, -0.25) is 0 Å². The van der Waals surface area contributed by atoms with Crippen molar-refractivity contribution < 1.29 is 4.74 Å². The van der Waals surface area contributed by atoms with E-state index in [0.29, 0.717) is 17.0 Å². The molecule has 130 valence electrons. The third-order valence-corrected chi connectivity index (χ3v) is 4.95. The average molecular weight is 346 g/mol. The van der Waals surface area contributed by atoms with Crippen molar-refractivity contribution in [1.29, 1.82) is 10.5 Å². The lowest BCUT2D eigenvalue weighted by Gasteiger charge is -2.31. The van der Waals surface area contributed by atoms with E-state index in [1.165, 1.54) is 6.20 Å². The number of nitriles is 2. The van der Waals surface area contributed by atoms with Crippen LogP contribution in [0.5, 0.6) is 5.75 Å². The van der Waals surface area contributed by atoms with Gasteiger partial charge in [0.05, 0.1) is 22.7 Å². The summed E-state index contributed by atoms with van der Waals surface area (Å²) in [4.78, 5) is 14.1. The van der Waals surface area contributed by atoms with E-state index in [0.717, 1.165) is 48.8 Å². The van der Waals surface area contributed by atoms with Gasteiger partial charge in [0.25, 0.3) is 0 Å². The summed E-state index contributed by atoms with van der Waals surface area (Å²) in [5.74, 6) is 0.489. The molecule has 4 heterocycles. The third kappa shape index (κ3) is 2.73.